The van der Waals surface area contributed by atoms with Gasteiger partial charge in [-0.3, -0.25) is 0 Å². The minimum atomic E-state index is 0.234. The highest BCUT2D eigenvalue weighted by Gasteiger charge is 2.29. The minimum absolute atomic E-state index is 0.234. The molecule has 1 aromatic carbocycles. The average Bonchev–Trinajstić information content (AvgIpc) is 2.42. The van der Waals surface area contributed by atoms with Crippen molar-refractivity contribution < 1.29 is 0 Å². The fourth-order valence-corrected chi connectivity index (χ4v) is 3.92. The lowest BCUT2D eigenvalue weighted by Crippen LogP contribution is -2.48. The number of hydrogen-bond donors (Lipinski definition) is 1. The van der Waals surface area contributed by atoms with Gasteiger partial charge in [0.15, 0.2) is 0 Å². The van der Waals surface area contributed by atoms with Gasteiger partial charge >= 0.3 is 0 Å². The van der Waals surface area contributed by atoms with E-state index in [-0.39, 0.29) is 5.41 Å². The van der Waals surface area contributed by atoms with Crippen molar-refractivity contribution in [2.45, 2.75) is 63.8 Å². The Kier molecular flexibility index (Phi) is 4.61. The SMILES string of the molecule is CC(C)(C)c1ccc(C2CC(N)CN(CC3CCC3)C2)cc1. The van der Waals surface area contributed by atoms with E-state index in [9.17, 15) is 0 Å². The second-order valence-corrected chi connectivity index (χ2v) is 8.58. The Balaban J connectivity index is 1.67. The van der Waals surface area contributed by atoms with Crippen LogP contribution in [-0.2, 0) is 5.41 Å². The number of likely N-dealkylation sites (tertiary alicyclic amines) is 1. The smallest absolute Gasteiger partial charge is 0.0174 e. The standard InChI is InChI=1S/C20H32N2/c1-20(2,3)18-9-7-16(8-10-18)17-11-19(21)14-22(13-17)12-15-5-4-6-15/h7-10,15,17,19H,4-6,11-14,21H2,1-3H3. The predicted molar refractivity (Wildman–Crippen MR) is 94.3 cm³/mol. The number of piperidine rings is 1. The van der Waals surface area contributed by atoms with E-state index in [0.717, 1.165) is 18.9 Å². The van der Waals surface area contributed by atoms with Crippen LogP contribution in [0.3, 0.4) is 0 Å². The molecule has 1 aliphatic heterocycles. The highest BCUT2D eigenvalue weighted by atomic mass is 15.2. The molecule has 0 radical (unpaired) electrons. The lowest BCUT2D eigenvalue weighted by Gasteiger charge is -2.40. The summed E-state index contributed by atoms with van der Waals surface area (Å²) >= 11 is 0. The fourth-order valence-electron chi connectivity index (χ4n) is 3.92. The Hall–Kier alpha value is -0.860. The molecule has 1 aliphatic carbocycles. The van der Waals surface area contributed by atoms with Crippen LogP contribution in [0.2, 0.25) is 0 Å². The lowest BCUT2D eigenvalue weighted by atomic mass is 9.82. The van der Waals surface area contributed by atoms with Crippen molar-refractivity contribution in [3.63, 3.8) is 0 Å². The number of hydrogen-bond acceptors (Lipinski definition) is 2. The van der Waals surface area contributed by atoms with Gasteiger partial charge in [0.25, 0.3) is 0 Å². The van der Waals surface area contributed by atoms with Crippen molar-refractivity contribution >= 4 is 0 Å². The molecule has 2 N–H and O–H groups in total. The Morgan fingerprint density at radius 3 is 2.32 bits per heavy atom. The second-order valence-electron chi connectivity index (χ2n) is 8.58. The number of rotatable bonds is 3. The number of nitrogens with zero attached hydrogens (tertiary/aromatic N) is 1. The zero-order valence-corrected chi connectivity index (χ0v) is 14.5. The van der Waals surface area contributed by atoms with Crippen molar-refractivity contribution in [1.29, 1.82) is 0 Å². The molecule has 0 amide bonds. The van der Waals surface area contributed by atoms with Crippen LogP contribution in [0.5, 0.6) is 0 Å². The van der Waals surface area contributed by atoms with Gasteiger partial charge < -0.3 is 10.6 Å². The third-order valence-electron chi connectivity index (χ3n) is 5.55. The minimum Gasteiger partial charge on any atom is -0.327 e. The van der Waals surface area contributed by atoms with Crippen molar-refractivity contribution in [3.05, 3.63) is 35.4 Å². The van der Waals surface area contributed by atoms with Crippen LogP contribution in [0, 0.1) is 5.92 Å². The summed E-state index contributed by atoms with van der Waals surface area (Å²) in [7, 11) is 0. The van der Waals surface area contributed by atoms with Crippen molar-refractivity contribution in [3.8, 4) is 0 Å². The monoisotopic (exact) mass is 300 g/mol. The van der Waals surface area contributed by atoms with Crippen molar-refractivity contribution in [2.75, 3.05) is 19.6 Å². The van der Waals surface area contributed by atoms with E-state index in [0.29, 0.717) is 12.0 Å². The third kappa shape index (κ3) is 3.72. The van der Waals surface area contributed by atoms with Crippen molar-refractivity contribution in [1.82, 2.24) is 4.90 Å². The maximum atomic E-state index is 6.35. The van der Waals surface area contributed by atoms with Gasteiger partial charge in [0.05, 0.1) is 0 Å². The normalized spacial score (nSPS) is 27.6. The first-order valence-corrected chi connectivity index (χ1v) is 9.00. The molecule has 1 saturated heterocycles. The summed E-state index contributed by atoms with van der Waals surface area (Å²) in [5, 5.41) is 0. The molecular formula is C20H32N2. The van der Waals surface area contributed by atoms with Gasteiger partial charge in [-0.05, 0) is 47.6 Å². The van der Waals surface area contributed by atoms with E-state index in [1.165, 1.54) is 43.5 Å². The predicted octanol–water partition coefficient (Wildman–Crippen LogP) is 3.90. The summed E-state index contributed by atoms with van der Waals surface area (Å²) in [5.74, 6) is 1.55. The Labute approximate surface area is 136 Å². The van der Waals surface area contributed by atoms with Crippen LogP contribution >= 0.6 is 0 Å². The Morgan fingerprint density at radius 2 is 1.77 bits per heavy atom. The van der Waals surface area contributed by atoms with Gasteiger partial charge in [-0.1, -0.05) is 51.5 Å². The van der Waals surface area contributed by atoms with Crippen LogP contribution in [0.1, 0.15) is 63.5 Å². The molecule has 3 rings (SSSR count). The first kappa shape index (κ1) is 16.0. The van der Waals surface area contributed by atoms with Crippen LogP contribution in [0.15, 0.2) is 24.3 Å². The molecule has 2 atom stereocenters. The van der Waals surface area contributed by atoms with Gasteiger partial charge in [-0.25, -0.2) is 0 Å². The quantitative estimate of drug-likeness (QED) is 0.917. The molecule has 1 saturated carbocycles. The van der Waals surface area contributed by atoms with Gasteiger partial charge in [0.1, 0.15) is 0 Å². The molecule has 2 aliphatic rings. The van der Waals surface area contributed by atoms with Crippen LogP contribution in [0.25, 0.3) is 0 Å². The molecule has 1 heterocycles. The summed E-state index contributed by atoms with van der Waals surface area (Å²) in [6, 6.07) is 9.63. The van der Waals surface area contributed by atoms with Crippen LogP contribution < -0.4 is 5.73 Å². The first-order valence-electron chi connectivity index (χ1n) is 9.00. The molecule has 0 spiro atoms. The summed E-state index contributed by atoms with van der Waals surface area (Å²) in [4.78, 5) is 2.63. The first-order chi connectivity index (χ1) is 10.4. The Morgan fingerprint density at radius 1 is 1.09 bits per heavy atom. The molecule has 2 fully saturated rings. The summed E-state index contributed by atoms with van der Waals surface area (Å²) in [5.41, 5.74) is 9.47. The second kappa shape index (κ2) is 6.33. The number of nitrogens with two attached hydrogens (primary N) is 1. The maximum Gasteiger partial charge on any atom is 0.0174 e. The van der Waals surface area contributed by atoms with E-state index in [4.69, 9.17) is 5.73 Å². The maximum absolute atomic E-state index is 6.35. The third-order valence-corrected chi connectivity index (χ3v) is 5.55. The fraction of sp³-hybridized carbons (Fsp3) is 0.700. The summed E-state index contributed by atoms with van der Waals surface area (Å²) in [6.07, 6.45) is 5.42. The molecule has 0 bridgehead atoms. The van der Waals surface area contributed by atoms with Gasteiger partial charge in [-0.2, -0.15) is 0 Å². The van der Waals surface area contributed by atoms with E-state index >= 15 is 0 Å². The van der Waals surface area contributed by atoms with Crippen molar-refractivity contribution in [2.24, 2.45) is 11.7 Å². The highest BCUT2D eigenvalue weighted by Crippen LogP contribution is 2.32. The zero-order chi connectivity index (χ0) is 15.7. The largest absolute Gasteiger partial charge is 0.327 e. The lowest BCUT2D eigenvalue weighted by molar-refractivity contribution is 0.133. The summed E-state index contributed by atoms with van der Waals surface area (Å²) in [6.45, 7) is 10.4. The molecule has 22 heavy (non-hydrogen) atoms. The van der Waals surface area contributed by atoms with Gasteiger partial charge in [-0.15, -0.1) is 0 Å². The highest BCUT2D eigenvalue weighted by molar-refractivity contribution is 5.30. The van der Waals surface area contributed by atoms with Crippen LogP contribution in [-0.4, -0.2) is 30.6 Å². The van der Waals surface area contributed by atoms with E-state index in [1.807, 2.05) is 0 Å². The molecule has 2 nitrogen and oxygen atoms in total. The molecular weight excluding hydrogens is 268 g/mol. The zero-order valence-electron chi connectivity index (χ0n) is 14.5. The molecule has 0 aromatic heterocycles. The van der Waals surface area contributed by atoms with Gasteiger partial charge in [0.2, 0.25) is 0 Å². The van der Waals surface area contributed by atoms with E-state index < -0.39 is 0 Å². The van der Waals surface area contributed by atoms with Gasteiger partial charge in [0, 0.05) is 25.7 Å². The summed E-state index contributed by atoms with van der Waals surface area (Å²) < 4.78 is 0. The number of benzene rings is 1. The molecule has 1 aromatic rings. The molecule has 2 heteroatoms. The molecule has 2 unspecified atom stereocenters. The van der Waals surface area contributed by atoms with Crippen LogP contribution in [0.4, 0.5) is 0 Å². The average molecular weight is 300 g/mol. The topological polar surface area (TPSA) is 29.3 Å². The van der Waals surface area contributed by atoms with E-state index in [1.54, 1.807) is 0 Å². The Bertz CT molecular complexity index is 481. The molecule has 122 valence electrons. The van der Waals surface area contributed by atoms with E-state index in [2.05, 4.69) is 49.9 Å².